The summed E-state index contributed by atoms with van der Waals surface area (Å²) < 4.78 is 5.66. The zero-order valence-corrected chi connectivity index (χ0v) is 11.1. The van der Waals surface area contributed by atoms with Crippen LogP contribution in [0.4, 0.5) is 0 Å². The average molecular weight is 261 g/mol. The fourth-order valence-electron chi connectivity index (χ4n) is 2.82. The van der Waals surface area contributed by atoms with E-state index in [4.69, 9.17) is 4.74 Å². The molecule has 2 N–H and O–H groups in total. The Labute approximate surface area is 112 Å². The normalized spacial score (nSPS) is 29.4. The molecule has 1 aromatic carbocycles. The first-order valence-electron chi connectivity index (χ1n) is 6.85. The molecule has 2 atom stereocenters. The van der Waals surface area contributed by atoms with Gasteiger partial charge in [-0.2, -0.15) is 0 Å². The predicted octanol–water partition coefficient (Wildman–Crippen LogP) is 1.99. The summed E-state index contributed by atoms with van der Waals surface area (Å²) in [5.41, 5.74) is -0.265. The number of ether oxygens (including phenoxy) is 1. The smallest absolute Gasteiger partial charge is 0.329 e. The molecule has 2 aliphatic rings. The first-order valence-corrected chi connectivity index (χ1v) is 6.85. The Morgan fingerprint density at radius 1 is 1.47 bits per heavy atom. The molecule has 1 heterocycles. The molecule has 19 heavy (non-hydrogen) atoms. The third-order valence-corrected chi connectivity index (χ3v) is 4.24. The van der Waals surface area contributed by atoms with Gasteiger partial charge in [-0.25, -0.2) is 4.79 Å². The third-order valence-electron chi connectivity index (χ3n) is 4.24. The highest BCUT2D eigenvalue weighted by molar-refractivity contribution is 5.83. The van der Waals surface area contributed by atoms with Crippen LogP contribution in [0.25, 0.3) is 0 Å². The van der Waals surface area contributed by atoms with E-state index in [9.17, 15) is 9.90 Å². The molecular weight excluding hydrogens is 242 g/mol. The van der Waals surface area contributed by atoms with Gasteiger partial charge in [0.2, 0.25) is 0 Å². The number of hydrogen-bond acceptors (Lipinski definition) is 3. The summed E-state index contributed by atoms with van der Waals surface area (Å²) in [5.74, 6) is 0.416. The van der Waals surface area contributed by atoms with Gasteiger partial charge in [0.15, 0.2) is 5.54 Å². The SMILES string of the molecule is CC1COc2ccccc2C1(NCC1CC1)C(=O)O. The maximum atomic E-state index is 12.0. The standard InChI is InChI=1S/C15H19NO3/c1-10-9-19-13-5-3-2-4-12(13)15(10,14(17)18)16-8-11-6-7-11/h2-5,10-11,16H,6-9H2,1H3,(H,17,18). The van der Waals surface area contributed by atoms with Gasteiger partial charge >= 0.3 is 5.97 Å². The molecule has 1 aliphatic heterocycles. The minimum absolute atomic E-state index is 0.0985. The summed E-state index contributed by atoms with van der Waals surface area (Å²) in [6.07, 6.45) is 2.41. The molecule has 1 fully saturated rings. The second-order valence-corrected chi connectivity index (χ2v) is 5.65. The first-order chi connectivity index (χ1) is 9.14. The summed E-state index contributed by atoms with van der Waals surface area (Å²) in [4.78, 5) is 12.0. The molecule has 0 amide bonds. The van der Waals surface area contributed by atoms with Crippen LogP contribution in [0.2, 0.25) is 0 Å². The Bertz CT molecular complexity index is 498. The number of carboxylic acid groups (broad SMARTS) is 1. The van der Waals surface area contributed by atoms with Crippen LogP contribution in [-0.4, -0.2) is 24.2 Å². The summed E-state index contributed by atoms with van der Waals surface area (Å²) in [6, 6.07) is 7.45. The molecule has 0 aromatic heterocycles. The highest BCUT2D eigenvalue weighted by Crippen LogP contribution is 2.41. The summed E-state index contributed by atoms with van der Waals surface area (Å²) in [7, 11) is 0. The number of carbonyl (C=O) groups is 1. The Balaban J connectivity index is 2.01. The lowest BCUT2D eigenvalue weighted by atomic mass is 9.77. The Morgan fingerprint density at radius 2 is 2.21 bits per heavy atom. The van der Waals surface area contributed by atoms with E-state index in [1.165, 1.54) is 12.8 Å². The number of benzene rings is 1. The molecule has 0 bridgehead atoms. The van der Waals surface area contributed by atoms with Crippen LogP contribution in [-0.2, 0) is 10.3 Å². The van der Waals surface area contributed by atoms with Gasteiger partial charge in [-0.15, -0.1) is 0 Å². The van der Waals surface area contributed by atoms with Crippen molar-refractivity contribution in [1.29, 1.82) is 0 Å². The molecule has 3 rings (SSSR count). The van der Waals surface area contributed by atoms with Crippen LogP contribution < -0.4 is 10.1 Å². The zero-order valence-electron chi connectivity index (χ0n) is 11.1. The highest BCUT2D eigenvalue weighted by atomic mass is 16.5. The summed E-state index contributed by atoms with van der Waals surface area (Å²) in [6.45, 7) is 3.13. The van der Waals surface area contributed by atoms with Crippen molar-refractivity contribution in [2.45, 2.75) is 25.3 Å². The largest absolute Gasteiger partial charge is 0.493 e. The van der Waals surface area contributed by atoms with Crippen LogP contribution in [0.15, 0.2) is 24.3 Å². The van der Waals surface area contributed by atoms with Gasteiger partial charge in [0.1, 0.15) is 5.75 Å². The van der Waals surface area contributed by atoms with Gasteiger partial charge in [-0.05, 0) is 31.4 Å². The lowest BCUT2D eigenvalue weighted by Gasteiger charge is -2.41. The zero-order chi connectivity index (χ0) is 13.5. The first kappa shape index (κ1) is 12.5. The monoisotopic (exact) mass is 261 g/mol. The molecule has 2 unspecified atom stereocenters. The molecule has 1 saturated carbocycles. The molecule has 0 spiro atoms. The fraction of sp³-hybridized carbons (Fsp3) is 0.533. The van der Waals surface area contributed by atoms with Crippen molar-refractivity contribution in [3.63, 3.8) is 0 Å². The van der Waals surface area contributed by atoms with Crippen molar-refractivity contribution < 1.29 is 14.6 Å². The van der Waals surface area contributed by atoms with E-state index >= 15 is 0 Å². The van der Waals surface area contributed by atoms with Gasteiger partial charge in [0.05, 0.1) is 6.61 Å². The maximum absolute atomic E-state index is 12.0. The van der Waals surface area contributed by atoms with E-state index < -0.39 is 11.5 Å². The lowest BCUT2D eigenvalue weighted by Crippen LogP contribution is -2.57. The van der Waals surface area contributed by atoms with E-state index in [0.29, 0.717) is 18.3 Å². The van der Waals surface area contributed by atoms with Crippen LogP contribution in [0.1, 0.15) is 25.3 Å². The van der Waals surface area contributed by atoms with Crippen molar-refractivity contribution in [2.24, 2.45) is 11.8 Å². The third kappa shape index (κ3) is 2.00. The molecule has 4 heteroatoms. The Kier molecular flexibility index (Phi) is 2.97. The highest BCUT2D eigenvalue weighted by Gasteiger charge is 2.50. The van der Waals surface area contributed by atoms with Crippen LogP contribution >= 0.6 is 0 Å². The van der Waals surface area contributed by atoms with Crippen LogP contribution in [0.5, 0.6) is 5.75 Å². The number of rotatable bonds is 4. The molecule has 0 radical (unpaired) electrons. The second kappa shape index (κ2) is 4.53. The van der Waals surface area contributed by atoms with Crippen molar-refractivity contribution in [1.82, 2.24) is 5.32 Å². The van der Waals surface area contributed by atoms with Gasteiger partial charge < -0.3 is 9.84 Å². The summed E-state index contributed by atoms with van der Waals surface area (Å²) >= 11 is 0. The van der Waals surface area contributed by atoms with Gasteiger partial charge in [-0.1, -0.05) is 25.1 Å². The molecule has 1 aliphatic carbocycles. The second-order valence-electron chi connectivity index (χ2n) is 5.65. The molecule has 0 saturated heterocycles. The Morgan fingerprint density at radius 3 is 2.89 bits per heavy atom. The van der Waals surface area contributed by atoms with Crippen LogP contribution in [0.3, 0.4) is 0 Å². The van der Waals surface area contributed by atoms with E-state index in [0.717, 1.165) is 12.1 Å². The van der Waals surface area contributed by atoms with E-state index in [-0.39, 0.29) is 5.92 Å². The number of para-hydroxylation sites is 1. The number of fused-ring (bicyclic) bond motifs is 1. The molecule has 4 nitrogen and oxygen atoms in total. The van der Waals surface area contributed by atoms with Gasteiger partial charge in [-0.3, -0.25) is 5.32 Å². The molecule has 1 aromatic rings. The number of hydrogen-bond donors (Lipinski definition) is 2. The van der Waals surface area contributed by atoms with Crippen molar-refractivity contribution in [2.75, 3.05) is 13.2 Å². The fourth-order valence-corrected chi connectivity index (χ4v) is 2.82. The minimum Gasteiger partial charge on any atom is -0.493 e. The van der Waals surface area contributed by atoms with Crippen LogP contribution in [0, 0.1) is 11.8 Å². The average Bonchev–Trinajstić information content (AvgIpc) is 3.21. The number of aliphatic carboxylic acids is 1. The summed E-state index contributed by atoms with van der Waals surface area (Å²) in [5, 5.41) is 13.1. The van der Waals surface area contributed by atoms with E-state index in [2.05, 4.69) is 5.32 Å². The van der Waals surface area contributed by atoms with Crippen molar-refractivity contribution >= 4 is 5.97 Å². The predicted molar refractivity (Wildman–Crippen MR) is 71.1 cm³/mol. The van der Waals surface area contributed by atoms with E-state index in [1.54, 1.807) is 0 Å². The quantitative estimate of drug-likeness (QED) is 0.870. The van der Waals surface area contributed by atoms with Gasteiger partial charge in [0, 0.05) is 11.5 Å². The number of carboxylic acids is 1. The molecular formula is C15H19NO3. The van der Waals surface area contributed by atoms with E-state index in [1.807, 2.05) is 31.2 Å². The molecule has 102 valence electrons. The maximum Gasteiger partial charge on any atom is 0.329 e. The topological polar surface area (TPSA) is 58.6 Å². The Hall–Kier alpha value is -1.55. The number of nitrogens with one attached hydrogen (secondary N) is 1. The van der Waals surface area contributed by atoms with Crippen molar-refractivity contribution in [3.8, 4) is 5.75 Å². The van der Waals surface area contributed by atoms with Crippen molar-refractivity contribution in [3.05, 3.63) is 29.8 Å². The minimum atomic E-state index is -1.02. The van der Waals surface area contributed by atoms with Gasteiger partial charge in [0.25, 0.3) is 0 Å². The lowest BCUT2D eigenvalue weighted by molar-refractivity contribution is -0.149.